The van der Waals surface area contributed by atoms with Crippen LogP contribution < -0.4 is 0 Å². The summed E-state index contributed by atoms with van der Waals surface area (Å²) < 4.78 is 17.7. The summed E-state index contributed by atoms with van der Waals surface area (Å²) in [4.78, 5) is 11.8. The lowest BCUT2D eigenvalue weighted by Gasteiger charge is -2.14. The summed E-state index contributed by atoms with van der Waals surface area (Å²) in [5.41, 5.74) is 0. The summed E-state index contributed by atoms with van der Waals surface area (Å²) >= 11 is 1.70. The second kappa shape index (κ2) is 12.8. The van der Waals surface area contributed by atoms with Crippen molar-refractivity contribution >= 4 is 17.7 Å². The second-order valence-corrected chi connectivity index (χ2v) is 6.19. The van der Waals surface area contributed by atoms with Crippen molar-refractivity contribution in [1.82, 2.24) is 0 Å². The van der Waals surface area contributed by atoms with Crippen molar-refractivity contribution in [2.45, 2.75) is 77.1 Å². The fourth-order valence-corrected chi connectivity index (χ4v) is 3.02. The third kappa shape index (κ3) is 11.3. The molecule has 2 atom stereocenters. The van der Waals surface area contributed by atoms with Crippen molar-refractivity contribution in [1.29, 1.82) is 0 Å². The smallest absolute Gasteiger partial charge is 0.319 e. The Morgan fingerprint density at radius 2 is 1.89 bits per heavy atom. The molecule has 0 rings (SSSR count). The van der Waals surface area contributed by atoms with Crippen LogP contribution in [0, 0.1) is 0 Å². The summed E-state index contributed by atoms with van der Waals surface area (Å²) in [7, 11) is 0. The average Bonchev–Trinajstić information content (AvgIpc) is 2.36. The van der Waals surface area contributed by atoms with Crippen LogP contribution in [-0.2, 0) is 9.53 Å². The molecule has 0 heterocycles. The molecule has 4 heteroatoms. The molecule has 0 aliphatic rings. The van der Waals surface area contributed by atoms with Gasteiger partial charge in [-0.2, -0.15) is 0 Å². The summed E-state index contributed by atoms with van der Waals surface area (Å²) in [6.45, 7) is 6.04. The third-order valence-corrected chi connectivity index (χ3v) is 4.29. The first-order valence-electron chi connectivity index (χ1n) is 7.54. The summed E-state index contributed by atoms with van der Waals surface area (Å²) in [5, 5.41) is -0.0139. The standard InChI is InChI=1S/C15H29FO2S/c1-4-6-11-14(15(17)18-5-2)19-12-9-7-8-10-13(3)16/h13-14H,4-12H2,1-3H3. The van der Waals surface area contributed by atoms with Crippen molar-refractivity contribution < 1.29 is 13.9 Å². The van der Waals surface area contributed by atoms with Crippen LogP contribution in [0.15, 0.2) is 0 Å². The van der Waals surface area contributed by atoms with Gasteiger partial charge in [0.25, 0.3) is 0 Å². The molecule has 0 amide bonds. The number of rotatable bonds is 12. The maximum absolute atomic E-state index is 12.6. The predicted octanol–water partition coefficient (Wildman–Crippen LogP) is 4.76. The van der Waals surface area contributed by atoms with E-state index in [0.29, 0.717) is 13.0 Å². The number of unbranched alkanes of at least 4 members (excludes halogenated alkanes) is 3. The number of halogens is 1. The van der Waals surface area contributed by atoms with Gasteiger partial charge in [0.15, 0.2) is 0 Å². The van der Waals surface area contributed by atoms with Crippen molar-refractivity contribution in [2.75, 3.05) is 12.4 Å². The zero-order chi connectivity index (χ0) is 14.5. The van der Waals surface area contributed by atoms with Gasteiger partial charge in [-0.15, -0.1) is 11.8 Å². The van der Waals surface area contributed by atoms with Gasteiger partial charge in [-0.3, -0.25) is 4.79 Å². The quantitative estimate of drug-likeness (QED) is 0.383. The zero-order valence-corrected chi connectivity index (χ0v) is 13.4. The Balaban J connectivity index is 3.76. The lowest BCUT2D eigenvalue weighted by atomic mass is 10.1. The van der Waals surface area contributed by atoms with Gasteiger partial charge in [0.1, 0.15) is 5.25 Å². The molecule has 0 saturated carbocycles. The largest absolute Gasteiger partial charge is 0.465 e. The van der Waals surface area contributed by atoms with Crippen molar-refractivity contribution in [3.8, 4) is 0 Å². The van der Waals surface area contributed by atoms with Crippen LogP contribution in [0.2, 0.25) is 0 Å². The number of alkyl halides is 1. The van der Waals surface area contributed by atoms with Crippen LogP contribution in [0.3, 0.4) is 0 Å². The van der Waals surface area contributed by atoms with Crippen LogP contribution in [0.4, 0.5) is 4.39 Å². The molecule has 0 aromatic carbocycles. The van der Waals surface area contributed by atoms with Gasteiger partial charge in [0, 0.05) is 0 Å². The number of carbonyl (C=O) groups is 1. The number of hydrogen-bond acceptors (Lipinski definition) is 3. The Morgan fingerprint density at radius 3 is 2.47 bits per heavy atom. The molecule has 2 unspecified atom stereocenters. The van der Waals surface area contributed by atoms with Crippen LogP contribution >= 0.6 is 11.8 Å². The van der Waals surface area contributed by atoms with E-state index in [-0.39, 0.29) is 11.2 Å². The molecule has 0 radical (unpaired) electrons. The van der Waals surface area contributed by atoms with Crippen molar-refractivity contribution in [2.24, 2.45) is 0 Å². The molecule has 2 nitrogen and oxygen atoms in total. The minimum absolute atomic E-state index is 0.0139. The summed E-state index contributed by atoms with van der Waals surface area (Å²) in [6, 6.07) is 0. The van der Waals surface area contributed by atoms with Crippen LogP contribution in [-0.4, -0.2) is 29.8 Å². The first kappa shape index (κ1) is 18.8. The maximum atomic E-state index is 12.6. The summed E-state index contributed by atoms with van der Waals surface area (Å²) in [5.74, 6) is 0.895. The van der Waals surface area contributed by atoms with E-state index in [4.69, 9.17) is 4.74 Å². The molecule has 19 heavy (non-hydrogen) atoms. The van der Waals surface area contributed by atoms with E-state index in [1.165, 1.54) is 0 Å². The van der Waals surface area contributed by atoms with Gasteiger partial charge in [0.05, 0.1) is 12.8 Å². The van der Waals surface area contributed by atoms with Crippen molar-refractivity contribution in [3.63, 3.8) is 0 Å². The van der Waals surface area contributed by atoms with Crippen molar-refractivity contribution in [3.05, 3.63) is 0 Å². The number of thioether (sulfide) groups is 1. The minimum Gasteiger partial charge on any atom is -0.465 e. The molecule has 0 aliphatic heterocycles. The molecule has 0 aliphatic carbocycles. The highest BCUT2D eigenvalue weighted by molar-refractivity contribution is 8.00. The first-order chi connectivity index (χ1) is 9.11. The normalized spacial score (nSPS) is 14.1. The predicted molar refractivity (Wildman–Crippen MR) is 81.4 cm³/mol. The molecule has 0 aromatic heterocycles. The van der Waals surface area contributed by atoms with Crippen LogP contribution in [0.25, 0.3) is 0 Å². The molecule has 0 bridgehead atoms. The Bertz CT molecular complexity index is 222. The lowest BCUT2D eigenvalue weighted by Crippen LogP contribution is -2.20. The average molecular weight is 292 g/mol. The number of carbonyl (C=O) groups excluding carboxylic acids is 1. The Morgan fingerprint density at radius 1 is 1.16 bits per heavy atom. The third-order valence-electron chi connectivity index (χ3n) is 2.93. The minimum atomic E-state index is -0.690. The fraction of sp³-hybridized carbons (Fsp3) is 0.933. The number of ether oxygens (including phenoxy) is 1. The molecule has 114 valence electrons. The maximum Gasteiger partial charge on any atom is 0.319 e. The van der Waals surface area contributed by atoms with Crippen LogP contribution in [0.1, 0.15) is 65.7 Å². The van der Waals surface area contributed by atoms with Crippen LogP contribution in [0.5, 0.6) is 0 Å². The number of hydrogen-bond donors (Lipinski definition) is 0. The monoisotopic (exact) mass is 292 g/mol. The van der Waals surface area contributed by atoms with E-state index in [0.717, 1.165) is 44.3 Å². The van der Waals surface area contributed by atoms with Gasteiger partial charge in [0.2, 0.25) is 0 Å². The second-order valence-electron chi connectivity index (χ2n) is 4.88. The molecule has 0 N–H and O–H groups in total. The van der Waals surface area contributed by atoms with Gasteiger partial charge >= 0.3 is 5.97 Å². The molecule has 0 saturated heterocycles. The van der Waals surface area contributed by atoms with Gasteiger partial charge in [-0.1, -0.05) is 32.6 Å². The van der Waals surface area contributed by atoms with Gasteiger partial charge < -0.3 is 4.74 Å². The number of esters is 1. The van der Waals surface area contributed by atoms with E-state index < -0.39 is 6.17 Å². The zero-order valence-electron chi connectivity index (χ0n) is 12.6. The first-order valence-corrected chi connectivity index (χ1v) is 8.59. The summed E-state index contributed by atoms with van der Waals surface area (Å²) in [6.07, 6.45) is 6.08. The van der Waals surface area contributed by atoms with E-state index >= 15 is 0 Å². The van der Waals surface area contributed by atoms with Gasteiger partial charge in [-0.05, 0) is 38.9 Å². The highest BCUT2D eigenvalue weighted by Gasteiger charge is 2.19. The van der Waals surface area contributed by atoms with E-state index in [9.17, 15) is 9.18 Å². The highest BCUT2D eigenvalue weighted by Crippen LogP contribution is 2.21. The molecule has 0 spiro atoms. The molecular weight excluding hydrogens is 263 g/mol. The van der Waals surface area contributed by atoms with E-state index in [1.54, 1.807) is 18.7 Å². The molecular formula is C15H29FO2S. The van der Waals surface area contributed by atoms with Gasteiger partial charge in [-0.25, -0.2) is 4.39 Å². The highest BCUT2D eigenvalue weighted by atomic mass is 32.2. The topological polar surface area (TPSA) is 26.3 Å². The SMILES string of the molecule is CCCCC(SCCCCCC(C)F)C(=O)OCC. The Kier molecular flexibility index (Phi) is 12.6. The molecule has 0 aromatic rings. The lowest BCUT2D eigenvalue weighted by molar-refractivity contribution is -0.142. The Labute approximate surface area is 121 Å². The van der Waals surface area contributed by atoms with E-state index in [1.807, 2.05) is 6.92 Å². The Hall–Kier alpha value is -0.250. The molecule has 0 fully saturated rings. The van der Waals surface area contributed by atoms with E-state index in [2.05, 4.69) is 6.92 Å². The fourth-order valence-electron chi connectivity index (χ4n) is 1.82.